The summed E-state index contributed by atoms with van der Waals surface area (Å²) < 4.78 is 8.74. The Kier molecular flexibility index (Phi) is 4.56. The lowest BCUT2D eigenvalue weighted by Gasteiger charge is -1.98. The van der Waals surface area contributed by atoms with Crippen molar-refractivity contribution in [3.63, 3.8) is 0 Å². The van der Waals surface area contributed by atoms with Gasteiger partial charge in [-0.05, 0) is 6.92 Å². The van der Waals surface area contributed by atoms with E-state index in [1.807, 2.05) is 6.92 Å². The second kappa shape index (κ2) is 6.79. The molecule has 3 aromatic rings. The highest BCUT2D eigenvalue weighted by Gasteiger charge is 2.11. The van der Waals surface area contributed by atoms with Gasteiger partial charge in [-0.3, -0.25) is 19.5 Å². The van der Waals surface area contributed by atoms with Crippen LogP contribution < -0.4 is 0 Å². The average molecular weight is 352 g/mol. The van der Waals surface area contributed by atoms with Crippen molar-refractivity contribution in [2.24, 2.45) is 0 Å². The molecule has 11 heteroatoms. The molecule has 0 saturated heterocycles. The van der Waals surface area contributed by atoms with Crippen molar-refractivity contribution in [1.29, 1.82) is 0 Å². The fourth-order valence-electron chi connectivity index (χ4n) is 2.09. The first-order chi connectivity index (χ1) is 11.5. The van der Waals surface area contributed by atoms with Crippen molar-refractivity contribution in [2.45, 2.75) is 32.9 Å². The SMILES string of the molecule is Cc1nn(CCc2nnc(CCn3cc([N+](=O)[O-])cn3)o2)cc1Cl. The van der Waals surface area contributed by atoms with Crippen molar-refractivity contribution in [3.8, 4) is 0 Å². The van der Waals surface area contributed by atoms with Crippen LogP contribution in [0.4, 0.5) is 5.69 Å². The Morgan fingerprint density at radius 1 is 1.21 bits per heavy atom. The van der Waals surface area contributed by atoms with Crippen molar-refractivity contribution in [1.82, 2.24) is 29.8 Å². The third-order valence-corrected chi connectivity index (χ3v) is 3.71. The summed E-state index contributed by atoms with van der Waals surface area (Å²) >= 11 is 5.95. The average Bonchev–Trinajstić information content (AvgIpc) is 3.25. The summed E-state index contributed by atoms with van der Waals surface area (Å²) in [5.74, 6) is 0.957. The minimum absolute atomic E-state index is 0.0469. The summed E-state index contributed by atoms with van der Waals surface area (Å²) in [7, 11) is 0. The van der Waals surface area contributed by atoms with Crippen LogP contribution in [0.15, 0.2) is 23.0 Å². The normalized spacial score (nSPS) is 11.1. The van der Waals surface area contributed by atoms with E-state index >= 15 is 0 Å². The monoisotopic (exact) mass is 351 g/mol. The maximum atomic E-state index is 10.6. The van der Waals surface area contributed by atoms with Gasteiger partial charge in [0.05, 0.1) is 15.6 Å². The molecule has 0 bridgehead atoms. The number of rotatable bonds is 7. The highest BCUT2D eigenvalue weighted by atomic mass is 35.5. The van der Waals surface area contributed by atoms with Gasteiger partial charge in [-0.2, -0.15) is 10.2 Å². The van der Waals surface area contributed by atoms with E-state index < -0.39 is 4.92 Å². The molecular weight excluding hydrogens is 338 g/mol. The van der Waals surface area contributed by atoms with Gasteiger partial charge >= 0.3 is 5.69 Å². The molecular formula is C13H14ClN7O3. The Hall–Kier alpha value is -2.75. The van der Waals surface area contributed by atoms with E-state index in [0.29, 0.717) is 42.7 Å². The van der Waals surface area contributed by atoms with E-state index in [2.05, 4.69) is 20.4 Å². The number of halogens is 1. The molecule has 0 atom stereocenters. The summed E-state index contributed by atoms with van der Waals surface area (Å²) in [6, 6.07) is 0. The number of hydrogen-bond donors (Lipinski definition) is 0. The zero-order valence-corrected chi connectivity index (χ0v) is 13.5. The quantitative estimate of drug-likeness (QED) is 0.470. The molecule has 3 rings (SSSR count). The number of aromatic nitrogens is 6. The standard InChI is InChI=1S/C13H14ClN7O3/c1-9-11(14)8-20(18-9)5-3-13-17-16-12(24-13)2-4-19-7-10(6-15-19)21(22)23/h6-8H,2-5H2,1H3. The third kappa shape index (κ3) is 3.77. The molecule has 10 nitrogen and oxygen atoms in total. The van der Waals surface area contributed by atoms with Gasteiger partial charge in [-0.25, -0.2) is 0 Å². The molecule has 126 valence electrons. The Morgan fingerprint density at radius 3 is 2.42 bits per heavy atom. The molecule has 0 aliphatic rings. The Labute approximate surface area is 141 Å². The summed E-state index contributed by atoms with van der Waals surface area (Å²) in [4.78, 5) is 10.1. The zero-order valence-electron chi connectivity index (χ0n) is 12.8. The summed E-state index contributed by atoms with van der Waals surface area (Å²) in [5.41, 5.74) is 0.727. The molecule has 0 radical (unpaired) electrons. The number of nitrogens with zero attached hydrogens (tertiary/aromatic N) is 7. The van der Waals surface area contributed by atoms with Crippen LogP contribution in [0.25, 0.3) is 0 Å². The van der Waals surface area contributed by atoms with Crippen LogP contribution in [0.2, 0.25) is 5.02 Å². The van der Waals surface area contributed by atoms with Crippen LogP contribution in [0.5, 0.6) is 0 Å². The fourth-order valence-corrected chi connectivity index (χ4v) is 2.24. The molecule has 3 aromatic heterocycles. The molecule has 3 heterocycles. The van der Waals surface area contributed by atoms with E-state index in [9.17, 15) is 10.1 Å². The van der Waals surface area contributed by atoms with Crippen molar-refractivity contribution in [2.75, 3.05) is 0 Å². The molecule has 0 amide bonds. The number of nitro groups is 1. The van der Waals surface area contributed by atoms with Gasteiger partial charge in [-0.15, -0.1) is 10.2 Å². The first-order valence-corrected chi connectivity index (χ1v) is 7.56. The third-order valence-electron chi connectivity index (χ3n) is 3.34. The van der Waals surface area contributed by atoms with Crippen LogP contribution in [-0.4, -0.2) is 34.7 Å². The second-order valence-electron chi connectivity index (χ2n) is 5.13. The molecule has 0 aromatic carbocycles. The van der Waals surface area contributed by atoms with Crippen LogP contribution in [0.1, 0.15) is 17.5 Å². The maximum absolute atomic E-state index is 10.6. The van der Waals surface area contributed by atoms with Gasteiger partial charge in [0.2, 0.25) is 11.8 Å². The lowest BCUT2D eigenvalue weighted by Crippen LogP contribution is -2.02. The molecule has 0 fully saturated rings. The van der Waals surface area contributed by atoms with E-state index in [1.165, 1.54) is 17.1 Å². The van der Waals surface area contributed by atoms with Gasteiger partial charge < -0.3 is 4.42 Å². The van der Waals surface area contributed by atoms with Crippen LogP contribution in [0.3, 0.4) is 0 Å². The number of aryl methyl sites for hydroxylation is 5. The highest BCUT2D eigenvalue weighted by Crippen LogP contribution is 2.13. The number of hydrogen-bond acceptors (Lipinski definition) is 7. The molecule has 0 N–H and O–H groups in total. The zero-order chi connectivity index (χ0) is 17.1. The minimum Gasteiger partial charge on any atom is -0.425 e. The van der Waals surface area contributed by atoms with E-state index in [-0.39, 0.29) is 5.69 Å². The molecule has 0 aliphatic carbocycles. The molecule has 24 heavy (non-hydrogen) atoms. The lowest BCUT2D eigenvalue weighted by atomic mass is 10.4. The van der Waals surface area contributed by atoms with Crippen molar-refractivity contribution >= 4 is 17.3 Å². The molecule has 0 spiro atoms. The van der Waals surface area contributed by atoms with Gasteiger partial charge in [0.15, 0.2) is 0 Å². The Balaban J connectivity index is 1.52. The van der Waals surface area contributed by atoms with E-state index in [1.54, 1.807) is 10.9 Å². The summed E-state index contributed by atoms with van der Waals surface area (Å²) in [6.45, 7) is 2.84. The van der Waals surface area contributed by atoms with Gasteiger partial charge in [0, 0.05) is 32.1 Å². The summed E-state index contributed by atoms with van der Waals surface area (Å²) in [5, 5.41) is 27.3. The first kappa shape index (κ1) is 16.1. The molecule has 0 unspecified atom stereocenters. The maximum Gasteiger partial charge on any atom is 0.306 e. The van der Waals surface area contributed by atoms with Crippen molar-refractivity contribution < 1.29 is 9.34 Å². The largest absolute Gasteiger partial charge is 0.425 e. The van der Waals surface area contributed by atoms with Crippen LogP contribution in [-0.2, 0) is 25.9 Å². The lowest BCUT2D eigenvalue weighted by molar-refractivity contribution is -0.385. The smallest absolute Gasteiger partial charge is 0.306 e. The molecule has 0 saturated carbocycles. The minimum atomic E-state index is -0.489. The Morgan fingerprint density at radius 2 is 1.88 bits per heavy atom. The van der Waals surface area contributed by atoms with Gasteiger partial charge in [-0.1, -0.05) is 11.6 Å². The van der Waals surface area contributed by atoms with Crippen LogP contribution in [0, 0.1) is 17.0 Å². The van der Waals surface area contributed by atoms with E-state index in [0.717, 1.165) is 5.69 Å². The summed E-state index contributed by atoms with van der Waals surface area (Å²) in [6.07, 6.45) is 5.30. The Bertz CT molecular complexity index is 834. The van der Waals surface area contributed by atoms with Gasteiger partial charge in [0.25, 0.3) is 0 Å². The second-order valence-corrected chi connectivity index (χ2v) is 5.54. The topological polar surface area (TPSA) is 118 Å². The predicted molar refractivity (Wildman–Crippen MR) is 82.6 cm³/mol. The van der Waals surface area contributed by atoms with E-state index in [4.69, 9.17) is 16.0 Å². The highest BCUT2D eigenvalue weighted by molar-refractivity contribution is 6.31. The van der Waals surface area contributed by atoms with Gasteiger partial charge in [0.1, 0.15) is 12.4 Å². The first-order valence-electron chi connectivity index (χ1n) is 7.19. The van der Waals surface area contributed by atoms with Crippen molar-refractivity contribution in [3.05, 3.63) is 51.2 Å². The fraction of sp³-hybridized carbons (Fsp3) is 0.385. The molecule has 0 aliphatic heterocycles. The van der Waals surface area contributed by atoms with Crippen LogP contribution >= 0.6 is 11.6 Å². The predicted octanol–water partition coefficient (Wildman–Crippen LogP) is 1.82.